The molecule has 0 amide bonds. The van der Waals surface area contributed by atoms with E-state index in [0.29, 0.717) is 6.29 Å². The van der Waals surface area contributed by atoms with Crippen LogP contribution >= 0.6 is 0 Å². The quantitative estimate of drug-likeness (QED) is 0.698. The van der Waals surface area contributed by atoms with E-state index in [9.17, 15) is 9.18 Å². The van der Waals surface area contributed by atoms with E-state index in [1.165, 1.54) is 12.1 Å². The molecule has 0 N–H and O–H groups in total. The van der Waals surface area contributed by atoms with Gasteiger partial charge in [0.15, 0.2) is 6.29 Å². The Bertz CT molecular complexity index is 515. The Morgan fingerprint density at radius 1 is 1.00 bits per heavy atom. The van der Waals surface area contributed by atoms with Crippen LogP contribution in [0.3, 0.4) is 0 Å². The van der Waals surface area contributed by atoms with Gasteiger partial charge in [-0.2, -0.15) is 0 Å². The Balaban J connectivity index is 2.45. The lowest BCUT2D eigenvalue weighted by Crippen LogP contribution is -1.88. The first kappa shape index (κ1) is 10.6. The maximum Gasteiger partial charge on any atom is 0.152 e. The molecule has 0 radical (unpaired) electrons. The summed E-state index contributed by atoms with van der Waals surface area (Å²) >= 11 is 0. The van der Waals surface area contributed by atoms with Gasteiger partial charge in [0.2, 0.25) is 0 Å². The van der Waals surface area contributed by atoms with Gasteiger partial charge >= 0.3 is 0 Å². The minimum absolute atomic E-state index is 0.0934. The molecule has 0 heterocycles. The number of carbonyl (C=O) groups excluding carboxylic acids is 1. The number of carbonyl (C=O) groups is 1. The molecule has 0 saturated heterocycles. The van der Waals surface area contributed by atoms with Gasteiger partial charge in [-0.25, -0.2) is 4.39 Å². The molecule has 0 aromatic heterocycles. The largest absolute Gasteiger partial charge is 0.298 e. The predicted octanol–water partition coefficient (Wildman–Crippen LogP) is 3.61. The molecule has 0 unspecified atom stereocenters. The molecule has 2 aromatic carbocycles. The maximum atomic E-state index is 13.4. The Hall–Kier alpha value is -1.96. The van der Waals surface area contributed by atoms with Gasteiger partial charge in [0.1, 0.15) is 5.82 Å². The van der Waals surface area contributed by atoms with E-state index in [4.69, 9.17) is 0 Å². The number of benzene rings is 2. The van der Waals surface area contributed by atoms with Gasteiger partial charge in [0, 0.05) is 0 Å². The topological polar surface area (TPSA) is 17.1 Å². The van der Waals surface area contributed by atoms with Crippen LogP contribution in [0.1, 0.15) is 15.9 Å². The molecule has 2 heteroatoms. The summed E-state index contributed by atoms with van der Waals surface area (Å²) in [5.41, 5.74) is 2.98. The summed E-state index contributed by atoms with van der Waals surface area (Å²) in [4.78, 5) is 10.5. The van der Waals surface area contributed by atoms with Crippen molar-refractivity contribution in [2.45, 2.75) is 6.92 Å². The molecule has 0 aliphatic rings. The van der Waals surface area contributed by atoms with Crippen LogP contribution < -0.4 is 0 Å². The van der Waals surface area contributed by atoms with Crippen LogP contribution in [0.5, 0.6) is 0 Å². The van der Waals surface area contributed by atoms with E-state index in [1.807, 2.05) is 31.2 Å². The minimum Gasteiger partial charge on any atom is -0.298 e. The normalized spacial score (nSPS) is 10.1. The summed E-state index contributed by atoms with van der Waals surface area (Å²) < 4.78 is 13.4. The SMILES string of the molecule is Cc1ccc(-c2ccc(C=O)c(F)c2)cc1. The van der Waals surface area contributed by atoms with Gasteiger partial charge in [0.25, 0.3) is 0 Å². The van der Waals surface area contributed by atoms with Crippen LogP contribution in [0.15, 0.2) is 42.5 Å². The zero-order valence-corrected chi connectivity index (χ0v) is 8.91. The lowest BCUT2D eigenvalue weighted by molar-refractivity contribution is 0.112. The fourth-order valence-corrected chi connectivity index (χ4v) is 1.55. The zero-order valence-electron chi connectivity index (χ0n) is 8.91. The van der Waals surface area contributed by atoms with Crippen molar-refractivity contribution in [1.82, 2.24) is 0 Å². The zero-order chi connectivity index (χ0) is 11.5. The lowest BCUT2D eigenvalue weighted by Gasteiger charge is -2.03. The Morgan fingerprint density at radius 2 is 1.62 bits per heavy atom. The summed E-state index contributed by atoms with van der Waals surface area (Å²) in [6, 6.07) is 12.4. The molecule has 16 heavy (non-hydrogen) atoms. The van der Waals surface area contributed by atoms with E-state index >= 15 is 0 Å². The summed E-state index contributed by atoms with van der Waals surface area (Å²) in [6.45, 7) is 2.00. The van der Waals surface area contributed by atoms with Gasteiger partial charge in [-0.3, -0.25) is 4.79 Å². The fourth-order valence-electron chi connectivity index (χ4n) is 1.55. The third-order valence-corrected chi connectivity index (χ3v) is 2.51. The summed E-state index contributed by atoms with van der Waals surface area (Å²) in [5, 5.41) is 0. The lowest BCUT2D eigenvalue weighted by atomic mass is 10.0. The molecule has 0 atom stereocenters. The summed E-state index contributed by atoms with van der Waals surface area (Å²) in [6.07, 6.45) is 0.522. The van der Waals surface area contributed by atoms with Crippen LogP contribution in [0.25, 0.3) is 11.1 Å². The van der Waals surface area contributed by atoms with E-state index in [-0.39, 0.29) is 5.56 Å². The number of aldehydes is 1. The molecule has 0 aliphatic carbocycles. The van der Waals surface area contributed by atoms with E-state index in [2.05, 4.69) is 0 Å². The Kier molecular flexibility index (Phi) is 2.82. The molecule has 0 bridgehead atoms. The third-order valence-electron chi connectivity index (χ3n) is 2.51. The first-order valence-corrected chi connectivity index (χ1v) is 5.02. The van der Waals surface area contributed by atoms with Crippen molar-refractivity contribution < 1.29 is 9.18 Å². The van der Waals surface area contributed by atoms with E-state index in [1.54, 1.807) is 6.07 Å². The first-order valence-electron chi connectivity index (χ1n) is 5.02. The van der Waals surface area contributed by atoms with E-state index < -0.39 is 5.82 Å². The number of rotatable bonds is 2. The van der Waals surface area contributed by atoms with Crippen molar-refractivity contribution in [2.75, 3.05) is 0 Å². The molecule has 0 aliphatic heterocycles. The van der Waals surface area contributed by atoms with Crippen molar-refractivity contribution in [3.8, 4) is 11.1 Å². The van der Waals surface area contributed by atoms with Crippen LogP contribution in [0.4, 0.5) is 4.39 Å². The molecular weight excluding hydrogens is 203 g/mol. The average Bonchev–Trinajstić information content (AvgIpc) is 2.30. The molecule has 2 rings (SSSR count). The van der Waals surface area contributed by atoms with Gasteiger partial charge < -0.3 is 0 Å². The molecule has 0 saturated carbocycles. The third kappa shape index (κ3) is 2.01. The van der Waals surface area contributed by atoms with Crippen molar-refractivity contribution in [3.63, 3.8) is 0 Å². The van der Waals surface area contributed by atoms with Crippen molar-refractivity contribution in [1.29, 1.82) is 0 Å². The second kappa shape index (κ2) is 4.27. The van der Waals surface area contributed by atoms with Gasteiger partial charge in [-0.05, 0) is 30.2 Å². The first-order chi connectivity index (χ1) is 7.70. The highest BCUT2D eigenvalue weighted by atomic mass is 19.1. The fraction of sp³-hybridized carbons (Fsp3) is 0.0714. The number of hydrogen-bond donors (Lipinski definition) is 0. The predicted molar refractivity (Wildman–Crippen MR) is 62.0 cm³/mol. The average molecular weight is 214 g/mol. The molecular formula is C14H11FO. The maximum absolute atomic E-state index is 13.4. The van der Waals surface area contributed by atoms with Crippen molar-refractivity contribution in [2.24, 2.45) is 0 Å². The molecule has 80 valence electrons. The number of aryl methyl sites for hydroxylation is 1. The summed E-state index contributed by atoms with van der Waals surface area (Å²) in [5.74, 6) is -0.479. The minimum atomic E-state index is -0.479. The smallest absolute Gasteiger partial charge is 0.152 e. The molecule has 2 aromatic rings. The highest BCUT2D eigenvalue weighted by Crippen LogP contribution is 2.21. The van der Waals surface area contributed by atoms with Crippen LogP contribution in [0.2, 0.25) is 0 Å². The molecule has 0 spiro atoms. The monoisotopic (exact) mass is 214 g/mol. The molecule has 1 nitrogen and oxygen atoms in total. The van der Waals surface area contributed by atoms with Crippen molar-refractivity contribution >= 4 is 6.29 Å². The van der Waals surface area contributed by atoms with Gasteiger partial charge in [-0.1, -0.05) is 35.9 Å². The van der Waals surface area contributed by atoms with E-state index in [0.717, 1.165) is 16.7 Å². The Morgan fingerprint density at radius 3 is 2.19 bits per heavy atom. The van der Waals surface area contributed by atoms with Gasteiger partial charge in [-0.15, -0.1) is 0 Å². The summed E-state index contributed by atoms with van der Waals surface area (Å²) in [7, 11) is 0. The Labute approximate surface area is 93.5 Å². The van der Waals surface area contributed by atoms with Crippen LogP contribution in [-0.4, -0.2) is 6.29 Å². The van der Waals surface area contributed by atoms with Crippen LogP contribution in [0, 0.1) is 12.7 Å². The standard InChI is InChI=1S/C14H11FO/c1-10-2-4-11(5-3-10)12-6-7-13(9-16)14(15)8-12/h2-9H,1H3. The highest BCUT2D eigenvalue weighted by molar-refractivity contribution is 5.77. The van der Waals surface area contributed by atoms with Gasteiger partial charge in [0.05, 0.1) is 5.56 Å². The molecule has 0 fully saturated rings. The van der Waals surface area contributed by atoms with Crippen LogP contribution in [-0.2, 0) is 0 Å². The second-order valence-electron chi connectivity index (χ2n) is 3.72. The van der Waals surface area contributed by atoms with Crippen molar-refractivity contribution in [3.05, 3.63) is 59.4 Å². The second-order valence-corrected chi connectivity index (χ2v) is 3.72. The number of halogens is 1. The number of hydrogen-bond acceptors (Lipinski definition) is 1. The highest BCUT2D eigenvalue weighted by Gasteiger charge is 2.03.